The number of carbonyl (C=O) groups is 2. The number of amides is 2. The zero-order valence-corrected chi connectivity index (χ0v) is 50.4. The highest BCUT2D eigenvalue weighted by Gasteiger charge is 2.59. The van der Waals surface area contributed by atoms with Crippen molar-refractivity contribution in [1.82, 2.24) is 10.6 Å². The first kappa shape index (κ1) is 78.1. The summed E-state index contributed by atoms with van der Waals surface area (Å²) in [5.74, 6) is -1.67. The van der Waals surface area contributed by atoms with Crippen LogP contribution < -0.4 is 10.6 Å². The van der Waals surface area contributed by atoms with E-state index in [1.807, 2.05) is 0 Å². The van der Waals surface area contributed by atoms with Gasteiger partial charge in [0.2, 0.25) is 11.8 Å². The molecule has 26 N–H and O–H groups in total. The smallest absolute Gasteiger partial charge is 0.217 e. The lowest BCUT2D eigenvalue weighted by Crippen LogP contribution is -2.70. The molecule has 8 rings (SSSR count). The molecule has 40 atom stereocenters. The first-order valence-electron chi connectivity index (χ1n) is 30.1. The number of aliphatic hydroxyl groups is 24. The Morgan fingerprint density at radius 1 is 0.274 bits per heavy atom. The van der Waals surface area contributed by atoms with Crippen LogP contribution in [0.15, 0.2) is 0 Å². The minimum absolute atomic E-state index is 0.764. The summed E-state index contributed by atoms with van der Waals surface area (Å²) in [7, 11) is 0. The molecule has 43 heteroatoms. The molecule has 0 aromatic rings. The van der Waals surface area contributed by atoms with Crippen LogP contribution in [0.25, 0.3) is 0 Å². The summed E-state index contributed by atoms with van der Waals surface area (Å²) in [6.07, 6.45) is -77.4. The average Bonchev–Trinajstić information content (AvgIpc) is 0.782. The first-order chi connectivity index (χ1) is 44.9. The van der Waals surface area contributed by atoms with E-state index in [1.54, 1.807) is 0 Å². The predicted molar refractivity (Wildman–Crippen MR) is 288 cm³/mol. The van der Waals surface area contributed by atoms with Crippen molar-refractivity contribution < 1.29 is 203 Å². The Morgan fingerprint density at radius 3 is 0.937 bits per heavy atom. The van der Waals surface area contributed by atoms with E-state index in [-0.39, 0.29) is 0 Å². The van der Waals surface area contributed by atoms with Gasteiger partial charge < -0.3 is 204 Å². The Labute approximate surface area is 536 Å². The number of hydrogen-bond donors (Lipinski definition) is 26. The van der Waals surface area contributed by atoms with Gasteiger partial charge >= 0.3 is 0 Å². The van der Waals surface area contributed by atoms with Gasteiger partial charge in [-0.1, -0.05) is 0 Å². The topological polar surface area (TPSA) is 682 Å². The summed E-state index contributed by atoms with van der Waals surface area (Å²) in [5.41, 5.74) is 0. The Bertz CT molecular complexity index is 2380. The van der Waals surface area contributed by atoms with Crippen LogP contribution in [-0.4, -0.2) is 433 Å². The fourth-order valence-electron chi connectivity index (χ4n) is 12.1. The largest absolute Gasteiger partial charge is 0.394 e. The molecule has 43 nitrogen and oxygen atoms in total. The number of ether oxygens (including phenoxy) is 15. The molecule has 8 aliphatic heterocycles. The Kier molecular flexibility index (Phi) is 27.9. The highest BCUT2D eigenvalue weighted by atomic mass is 16.8. The molecule has 95 heavy (non-hydrogen) atoms. The maximum Gasteiger partial charge on any atom is 0.217 e. The molecule has 0 saturated carbocycles. The number of carbonyl (C=O) groups excluding carboxylic acids is 2. The van der Waals surface area contributed by atoms with Crippen LogP contribution in [0, 0.1) is 0 Å². The zero-order chi connectivity index (χ0) is 69.9. The SMILES string of the molecule is CC(=O)N[C@H]1[C@H](O[C@H]2[C@H](O)[C@@H](NC(C)=O)C(O)O[C@@H]2CO)O[C@H](CO)[C@@H](O[C@@H]2O[C@H](CO[C@H]3O[C@H](CO[C@H]4O[C@H](CO)[C@@H](O)[C@H](O)[C@@H]4O)[C@@H](O)[C@H](O[C@H]4O[C@H](CO)[C@@H](O)[C@H](O)[C@@H]4O)[C@@H]3O)[C@@H](O)[C@H](O[C@H]3O[C@H](CO)[C@@H](O)[C@H](O[C@H]4O[C@H](CO)[C@@H](O)[C@H](O)[C@@H]4O)[C@@H]3O)[C@@H]2O)[C@@H]1O. The minimum Gasteiger partial charge on any atom is -0.394 e. The summed E-state index contributed by atoms with van der Waals surface area (Å²) in [4.78, 5) is 24.8. The van der Waals surface area contributed by atoms with E-state index in [0.29, 0.717) is 0 Å². The fraction of sp³-hybridized carbons (Fsp3) is 0.962. The van der Waals surface area contributed by atoms with Gasteiger partial charge in [-0.2, -0.15) is 0 Å². The third kappa shape index (κ3) is 17.0. The van der Waals surface area contributed by atoms with E-state index in [1.165, 1.54) is 0 Å². The molecule has 0 spiro atoms. The normalized spacial score (nSPS) is 50.8. The van der Waals surface area contributed by atoms with E-state index < -0.39 is 310 Å². The average molecular weight is 1400 g/mol. The van der Waals surface area contributed by atoms with Crippen LogP contribution in [0.4, 0.5) is 0 Å². The standard InChI is InChI=1S/C52H88N2O41/c1-11(61)53-21-29(69)40(17(7-59)83-45(21)80)91-46-22(54-12(2)62)30(70)41(18(8-60)88-46)92-52-39(79)44(95-51-38(78)42(26(66)16(6-58)87-51)93-49-35(75)32(72)24(64)14(4-56)85-49)28(68)20(90-52)10-82-48-37(77)43(94-50-36(76)33(73)25(65)15(5-57)86-50)27(67)19(89-48)9-81-47-34(74)31(71)23(63)13(3-55)84-47/h13-52,55-60,63-80H,3-10H2,1-2H3,(H,53,61)(H,54,62)/t13-,14-,15-,16-,17-,18-,19-,20-,21-,22-,23-,24-,25-,26-,27-,28-,29-,30-,31+,32+,33+,34+,35+,36+,37+,38+,39+,40-,41-,42+,43+,44+,45?,46+,47+,48+,49-,50-,51-,52+/m1/s1. The van der Waals surface area contributed by atoms with Crippen LogP contribution >= 0.6 is 0 Å². The molecule has 8 heterocycles. The first-order valence-corrected chi connectivity index (χ1v) is 30.1. The van der Waals surface area contributed by atoms with Gasteiger partial charge in [0.1, 0.15) is 195 Å². The Morgan fingerprint density at radius 2 is 0.537 bits per heavy atom. The van der Waals surface area contributed by atoms with Gasteiger partial charge in [0.05, 0.1) is 52.9 Å². The lowest BCUT2D eigenvalue weighted by Gasteiger charge is -2.50. The maximum absolute atomic E-state index is 12.8. The van der Waals surface area contributed by atoms with Crippen molar-refractivity contribution in [3.05, 3.63) is 0 Å². The Hall–Kier alpha value is -2.62. The molecule has 552 valence electrons. The fourth-order valence-corrected chi connectivity index (χ4v) is 12.1. The van der Waals surface area contributed by atoms with Crippen molar-refractivity contribution in [2.45, 2.75) is 259 Å². The molecule has 8 aliphatic rings. The van der Waals surface area contributed by atoms with Crippen LogP contribution in [-0.2, 0) is 80.6 Å². The van der Waals surface area contributed by atoms with E-state index in [2.05, 4.69) is 10.6 Å². The minimum atomic E-state index is -2.47. The summed E-state index contributed by atoms with van der Waals surface area (Å²) in [5, 5.41) is 266. The van der Waals surface area contributed by atoms with E-state index in [9.17, 15) is 132 Å². The van der Waals surface area contributed by atoms with Crippen molar-refractivity contribution in [3.8, 4) is 0 Å². The lowest BCUT2D eigenvalue weighted by atomic mass is 9.94. The summed E-state index contributed by atoms with van der Waals surface area (Å²) >= 11 is 0. The molecular formula is C52H88N2O41. The summed E-state index contributed by atoms with van der Waals surface area (Å²) in [6, 6.07) is -3.48. The number of nitrogens with one attached hydrogen (secondary N) is 2. The van der Waals surface area contributed by atoms with Gasteiger partial charge in [0.25, 0.3) is 0 Å². The van der Waals surface area contributed by atoms with Gasteiger partial charge in [0, 0.05) is 13.8 Å². The molecular weight excluding hydrogens is 1310 g/mol. The summed E-state index contributed by atoms with van der Waals surface area (Å²) < 4.78 is 86.2. The van der Waals surface area contributed by atoms with Gasteiger partial charge in [0.15, 0.2) is 50.3 Å². The molecule has 0 aliphatic carbocycles. The number of rotatable bonds is 24. The second kappa shape index (κ2) is 33.9. The molecule has 8 saturated heterocycles. The molecule has 0 aromatic carbocycles. The quantitative estimate of drug-likeness (QED) is 0.0427. The zero-order valence-electron chi connectivity index (χ0n) is 50.4. The van der Waals surface area contributed by atoms with Gasteiger partial charge in [-0.3, -0.25) is 9.59 Å². The lowest BCUT2D eigenvalue weighted by molar-refractivity contribution is -0.394. The molecule has 1 unspecified atom stereocenters. The van der Waals surface area contributed by atoms with E-state index in [0.717, 1.165) is 13.8 Å². The van der Waals surface area contributed by atoms with Gasteiger partial charge in [-0.15, -0.1) is 0 Å². The third-order valence-electron chi connectivity index (χ3n) is 17.4. The number of hydrogen-bond acceptors (Lipinski definition) is 41. The van der Waals surface area contributed by atoms with Crippen LogP contribution in [0.5, 0.6) is 0 Å². The van der Waals surface area contributed by atoms with Crippen molar-refractivity contribution in [2.75, 3.05) is 52.9 Å². The van der Waals surface area contributed by atoms with Crippen molar-refractivity contribution in [2.24, 2.45) is 0 Å². The third-order valence-corrected chi connectivity index (χ3v) is 17.4. The highest BCUT2D eigenvalue weighted by Crippen LogP contribution is 2.38. The summed E-state index contributed by atoms with van der Waals surface area (Å²) in [6.45, 7) is -6.21. The molecule has 0 radical (unpaired) electrons. The molecule has 0 bridgehead atoms. The van der Waals surface area contributed by atoms with Crippen molar-refractivity contribution >= 4 is 11.8 Å². The van der Waals surface area contributed by atoms with E-state index in [4.69, 9.17) is 71.1 Å². The monoisotopic (exact) mass is 1400 g/mol. The molecule has 2 amide bonds. The van der Waals surface area contributed by atoms with E-state index >= 15 is 0 Å². The molecule has 8 fully saturated rings. The van der Waals surface area contributed by atoms with Gasteiger partial charge in [-0.25, -0.2) is 0 Å². The van der Waals surface area contributed by atoms with Crippen LogP contribution in [0.1, 0.15) is 13.8 Å². The van der Waals surface area contributed by atoms with Crippen molar-refractivity contribution in [3.63, 3.8) is 0 Å². The van der Waals surface area contributed by atoms with Crippen LogP contribution in [0.2, 0.25) is 0 Å². The second-order valence-electron chi connectivity index (χ2n) is 23.9. The second-order valence-corrected chi connectivity index (χ2v) is 23.9. The molecule has 0 aromatic heterocycles. The van der Waals surface area contributed by atoms with Crippen molar-refractivity contribution in [1.29, 1.82) is 0 Å². The van der Waals surface area contributed by atoms with Crippen LogP contribution in [0.3, 0.4) is 0 Å². The highest BCUT2D eigenvalue weighted by molar-refractivity contribution is 5.73. The maximum atomic E-state index is 12.8. The number of aliphatic hydroxyl groups excluding tert-OH is 24. The predicted octanol–water partition coefficient (Wildman–Crippen LogP) is -18.2. The Balaban J connectivity index is 1.10. The van der Waals surface area contributed by atoms with Gasteiger partial charge in [-0.05, 0) is 0 Å².